The molecule has 0 radical (unpaired) electrons. The second kappa shape index (κ2) is 7.13. The maximum absolute atomic E-state index is 11.8. The van der Waals surface area contributed by atoms with Crippen LogP contribution >= 0.6 is 0 Å². The summed E-state index contributed by atoms with van der Waals surface area (Å²) in [6.45, 7) is 2.03. The van der Waals surface area contributed by atoms with E-state index in [9.17, 15) is 14.4 Å². The summed E-state index contributed by atoms with van der Waals surface area (Å²) in [4.78, 5) is 32.9. The Bertz CT molecular complexity index is 499. The molecule has 1 aromatic carbocycles. The Morgan fingerprint density at radius 3 is 2.35 bits per heavy atom. The molecule has 0 aromatic heterocycles. The van der Waals surface area contributed by atoms with Gasteiger partial charge >= 0.3 is 12.0 Å². The highest BCUT2D eigenvalue weighted by Crippen LogP contribution is 2.09. The quantitative estimate of drug-likeness (QED) is 0.621. The predicted molar refractivity (Wildman–Crippen MR) is 73.4 cm³/mol. The third-order valence-electron chi connectivity index (χ3n) is 2.55. The second-order valence-electron chi connectivity index (χ2n) is 4.48. The summed E-state index contributed by atoms with van der Waals surface area (Å²) in [5, 5.41) is 13.6. The Hall–Kier alpha value is -2.57. The van der Waals surface area contributed by atoms with Crippen molar-refractivity contribution in [3.63, 3.8) is 0 Å². The number of urea groups is 1. The molecule has 0 aliphatic rings. The monoisotopic (exact) mass is 279 g/mol. The Labute approximate surface area is 116 Å². The van der Waals surface area contributed by atoms with Gasteiger partial charge in [0.05, 0.1) is 0 Å². The van der Waals surface area contributed by atoms with E-state index in [-0.39, 0.29) is 24.8 Å². The van der Waals surface area contributed by atoms with Crippen molar-refractivity contribution >= 4 is 23.6 Å². The van der Waals surface area contributed by atoms with Gasteiger partial charge in [0.1, 0.15) is 0 Å². The Morgan fingerprint density at radius 1 is 1.25 bits per heavy atom. The molecule has 7 heteroatoms. The van der Waals surface area contributed by atoms with Gasteiger partial charge in [-0.2, -0.15) is 0 Å². The van der Waals surface area contributed by atoms with E-state index in [0.29, 0.717) is 11.3 Å². The van der Waals surface area contributed by atoms with Crippen molar-refractivity contribution < 1.29 is 19.5 Å². The molecular weight excluding hydrogens is 262 g/mol. The lowest BCUT2D eigenvalue weighted by Gasteiger charge is -2.10. The molecule has 1 rings (SSSR count). The van der Waals surface area contributed by atoms with Crippen LogP contribution in [0.25, 0.3) is 0 Å². The first-order valence-corrected chi connectivity index (χ1v) is 6.05. The number of aliphatic carboxylic acids is 1. The van der Waals surface area contributed by atoms with Crippen LogP contribution in [0.2, 0.25) is 0 Å². The van der Waals surface area contributed by atoms with Gasteiger partial charge < -0.3 is 21.5 Å². The van der Waals surface area contributed by atoms with E-state index in [1.54, 1.807) is 31.2 Å². The summed E-state index contributed by atoms with van der Waals surface area (Å²) < 4.78 is 0. The fraction of sp³-hybridized carbons (Fsp3) is 0.308. The van der Waals surface area contributed by atoms with Crippen LogP contribution in [-0.2, 0) is 4.79 Å². The largest absolute Gasteiger partial charge is 0.481 e. The minimum atomic E-state index is -0.895. The van der Waals surface area contributed by atoms with E-state index in [1.807, 2.05) is 0 Å². The average molecular weight is 279 g/mol. The maximum atomic E-state index is 11.8. The number of hydrogen-bond donors (Lipinski definition) is 4. The minimum Gasteiger partial charge on any atom is -0.481 e. The summed E-state index contributed by atoms with van der Waals surface area (Å²) in [7, 11) is 0. The smallest absolute Gasteiger partial charge is 0.316 e. The van der Waals surface area contributed by atoms with Crippen LogP contribution in [0.15, 0.2) is 24.3 Å². The number of nitrogens with two attached hydrogens (primary N) is 1. The number of carbonyl (C=O) groups excluding carboxylic acids is 2. The molecule has 0 bridgehead atoms. The number of carboxylic acids is 1. The molecule has 3 amide bonds. The first-order valence-electron chi connectivity index (χ1n) is 6.05. The lowest BCUT2D eigenvalue weighted by molar-refractivity contribution is -0.137. The van der Waals surface area contributed by atoms with E-state index < -0.39 is 12.0 Å². The third kappa shape index (κ3) is 5.38. The van der Waals surface area contributed by atoms with Gasteiger partial charge in [-0.25, -0.2) is 4.79 Å². The third-order valence-corrected chi connectivity index (χ3v) is 2.55. The van der Waals surface area contributed by atoms with E-state index in [1.165, 1.54) is 0 Å². The molecule has 1 unspecified atom stereocenters. The molecule has 0 saturated heterocycles. The summed E-state index contributed by atoms with van der Waals surface area (Å²) in [5.41, 5.74) is 5.88. The van der Waals surface area contributed by atoms with Crippen LogP contribution in [0, 0.1) is 5.92 Å². The lowest BCUT2D eigenvalue weighted by Crippen LogP contribution is -2.29. The molecule has 0 heterocycles. The van der Waals surface area contributed by atoms with Crippen LogP contribution in [-0.4, -0.2) is 29.6 Å². The summed E-state index contributed by atoms with van der Waals surface area (Å²) >= 11 is 0. The van der Waals surface area contributed by atoms with Gasteiger partial charge in [0.15, 0.2) is 0 Å². The number of hydrogen-bond acceptors (Lipinski definition) is 3. The van der Waals surface area contributed by atoms with Gasteiger partial charge in [-0.1, -0.05) is 6.92 Å². The molecular formula is C13H17N3O4. The number of carbonyl (C=O) groups is 3. The van der Waals surface area contributed by atoms with Gasteiger partial charge in [0.25, 0.3) is 5.91 Å². The molecule has 0 aliphatic heterocycles. The zero-order valence-electron chi connectivity index (χ0n) is 11.1. The van der Waals surface area contributed by atoms with E-state index in [2.05, 4.69) is 10.6 Å². The van der Waals surface area contributed by atoms with E-state index in [0.717, 1.165) is 0 Å². The molecule has 5 N–H and O–H groups in total. The number of amides is 3. The number of anilines is 1. The molecule has 7 nitrogen and oxygen atoms in total. The first-order chi connectivity index (χ1) is 9.38. The van der Waals surface area contributed by atoms with Crippen LogP contribution < -0.4 is 16.4 Å². The molecule has 0 spiro atoms. The Balaban J connectivity index is 2.51. The van der Waals surface area contributed by atoms with Gasteiger partial charge in [-0.05, 0) is 30.2 Å². The molecule has 1 aromatic rings. The van der Waals surface area contributed by atoms with Gasteiger partial charge in [-0.15, -0.1) is 0 Å². The van der Waals surface area contributed by atoms with Crippen LogP contribution in [0.5, 0.6) is 0 Å². The van der Waals surface area contributed by atoms with Crippen molar-refractivity contribution in [3.05, 3.63) is 29.8 Å². The number of benzene rings is 1. The summed E-state index contributed by atoms with van der Waals surface area (Å²) in [5.74, 6) is -1.34. The standard InChI is InChI=1S/C13H17N3O4/c1-8(6-11(17)18)7-15-12(19)9-2-4-10(5-3-9)16-13(14)20/h2-5,8H,6-7H2,1H3,(H,15,19)(H,17,18)(H3,14,16,20). The highest BCUT2D eigenvalue weighted by Gasteiger charge is 2.10. The lowest BCUT2D eigenvalue weighted by atomic mass is 10.1. The highest BCUT2D eigenvalue weighted by molar-refractivity contribution is 5.95. The fourth-order valence-electron chi connectivity index (χ4n) is 1.59. The second-order valence-corrected chi connectivity index (χ2v) is 4.48. The van der Waals surface area contributed by atoms with Crippen molar-refractivity contribution in [2.24, 2.45) is 11.7 Å². The molecule has 0 saturated carbocycles. The molecule has 1 atom stereocenters. The van der Waals surface area contributed by atoms with Gasteiger partial charge in [-0.3, -0.25) is 9.59 Å². The average Bonchev–Trinajstić information content (AvgIpc) is 2.35. The number of rotatable bonds is 6. The highest BCUT2D eigenvalue weighted by atomic mass is 16.4. The fourth-order valence-corrected chi connectivity index (χ4v) is 1.59. The van der Waals surface area contributed by atoms with Crippen molar-refractivity contribution in [1.29, 1.82) is 0 Å². The number of carboxylic acid groups (broad SMARTS) is 1. The maximum Gasteiger partial charge on any atom is 0.316 e. The van der Waals surface area contributed by atoms with Gasteiger partial charge in [0.2, 0.25) is 0 Å². The summed E-state index contributed by atoms with van der Waals surface area (Å²) in [6, 6.07) is 5.52. The SMILES string of the molecule is CC(CNC(=O)c1ccc(NC(N)=O)cc1)CC(=O)O. The number of nitrogens with one attached hydrogen (secondary N) is 2. The normalized spacial score (nSPS) is 11.4. The molecule has 0 fully saturated rings. The van der Waals surface area contributed by atoms with Crippen molar-refractivity contribution in [3.8, 4) is 0 Å². The van der Waals surface area contributed by atoms with E-state index >= 15 is 0 Å². The zero-order valence-corrected chi connectivity index (χ0v) is 11.1. The van der Waals surface area contributed by atoms with Gasteiger partial charge in [0, 0.05) is 24.2 Å². The summed E-state index contributed by atoms with van der Waals surface area (Å²) in [6.07, 6.45) is 0.00174. The van der Waals surface area contributed by atoms with Crippen LogP contribution in [0.3, 0.4) is 0 Å². The minimum absolute atomic E-state index is 0.00174. The Morgan fingerprint density at radius 2 is 1.85 bits per heavy atom. The molecule has 108 valence electrons. The van der Waals surface area contributed by atoms with Crippen molar-refractivity contribution in [1.82, 2.24) is 5.32 Å². The topological polar surface area (TPSA) is 122 Å². The zero-order chi connectivity index (χ0) is 15.1. The van der Waals surface area contributed by atoms with E-state index in [4.69, 9.17) is 10.8 Å². The predicted octanol–water partition coefficient (Wildman–Crippen LogP) is 1.02. The first kappa shape index (κ1) is 15.5. The Kier molecular flexibility index (Phi) is 5.52. The van der Waals surface area contributed by atoms with Crippen LogP contribution in [0.1, 0.15) is 23.7 Å². The van der Waals surface area contributed by atoms with Crippen molar-refractivity contribution in [2.75, 3.05) is 11.9 Å². The van der Waals surface area contributed by atoms with Crippen molar-refractivity contribution in [2.45, 2.75) is 13.3 Å². The van der Waals surface area contributed by atoms with Crippen LogP contribution in [0.4, 0.5) is 10.5 Å². The molecule has 20 heavy (non-hydrogen) atoms. The number of primary amides is 1. The molecule has 0 aliphatic carbocycles.